The summed E-state index contributed by atoms with van der Waals surface area (Å²) >= 11 is 0. The van der Waals surface area contributed by atoms with Crippen LogP contribution in [0.3, 0.4) is 0 Å². The van der Waals surface area contributed by atoms with E-state index < -0.39 is 0 Å². The van der Waals surface area contributed by atoms with Crippen LogP contribution in [0.5, 0.6) is 0 Å². The van der Waals surface area contributed by atoms with Crippen LogP contribution in [0.15, 0.2) is 30.3 Å². The van der Waals surface area contributed by atoms with Gasteiger partial charge >= 0.3 is 0 Å². The third kappa shape index (κ3) is 2.66. The van der Waals surface area contributed by atoms with E-state index in [9.17, 15) is 4.79 Å². The molecule has 0 saturated heterocycles. The largest absolute Gasteiger partial charge is 0.342 e. The van der Waals surface area contributed by atoms with Crippen molar-refractivity contribution >= 4 is 22.6 Å². The Bertz CT molecular complexity index is 597. The van der Waals surface area contributed by atoms with Crippen molar-refractivity contribution in [3.63, 3.8) is 0 Å². The number of carbonyl (C=O) groups excluding carboxylic acids is 1. The molecule has 0 fully saturated rings. The second-order valence-corrected chi connectivity index (χ2v) is 4.44. The fraction of sp³-hybridized carbons (Fsp3) is 0.286. The SMILES string of the molecule is CCCN(C)C(=O)c1cc(NN)nc2ccccc12. The molecule has 0 aliphatic rings. The number of amides is 1. The number of rotatable bonds is 4. The van der Waals surface area contributed by atoms with Crippen LogP contribution in [0.2, 0.25) is 0 Å². The van der Waals surface area contributed by atoms with E-state index >= 15 is 0 Å². The highest BCUT2D eigenvalue weighted by molar-refractivity contribution is 6.06. The smallest absolute Gasteiger partial charge is 0.254 e. The number of nitrogens with two attached hydrogens (primary N) is 1. The lowest BCUT2D eigenvalue weighted by atomic mass is 10.1. The van der Waals surface area contributed by atoms with Gasteiger partial charge in [0.05, 0.1) is 11.1 Å². The summed E-state index contributed by atoms with van der Waals surface area (Å²) in [4.78, 5) is 18.5. The van der Waals surface area contributed by atoms with Crippen LogP contribution in [-0.4, -0.2) is 29.4 Å². The fourth-order valence-corrected chi connectivity index (χ4v) is 2.07. The van der Waals surface area contributed by atoms with Gasteiger partial charge in [-0.15, -0.1) is 0 Å². The number of aromatic nitrogens is 1. The predicted octanol–water partition coefficient (Wildman–Crippen LogP) is 2.00. The molecule has 5 nitrogen and oxygen atoms in total. The van der Waals surface area contributed by atoms with Gasteiger partial charge in [-0.05, 0) is 18.6 Å². The molecule has 1 aromatic carbocycles. The van der Waals surface area contributed by atoms with Crippen LogP contribution in [0.4, 0.5) is 5.82 Å². The lowest BCUT2D eigenvalue weighted by Crippen LogP contribution is -2.27. The molecule has 0 aliphatic heterocycles. The van der Waals surface area contributed by atoms with E-state index in [0.717, 1.165) is 23.9 Å². The molecule has 0 aliphatic carbocycles. The van der Waals surface area contributed by atoms with Gasteiger partial charge in [0.15, 0.2) is 0 Å². The molecule has 100 valence electrons. The summed E-state index contributed by atoms with van der Waals surface area (Å²) in [6, 6.07) is 9.25. The van der Waals surface area contributed by atoms with E-state index in [1.165, 1.54) is 0 Å². The van der Waals surface area contributed by atoms with Crippen molar-refractivity contribution in [3.8, 4) is 0 Å². The molecular weight excluding hydrogens is 240 g/mol. The highest BCUT2D eigenvalue weighted by Crippen LogP contribution is 2.21. The number of nitrogens with one attached hydrogen (secondary N) is 1. The Labute approximate surface area is 112 Å². The highest BCUT2D eigenvalue weighted by Gasteiger charge is 2.15. The molecule has 1 heterocycles. The minimum atomic E-state index is -0.0167. The monoisotopic (exact) mass is 258 g/mol. The average molecular weight is 258 g/mol. The number of hydrogen-bond acceptors (Lipinski definition) is 4. The standard InChI is InChI=1S/C14H18N4O/c1-3-8-18(2)14(19)11-9-13(17-15)16-12-7-5-4-6-10(11)12/h4-7,9H,3,8,15H2,1-2H3,(H,16,17). The van der Waals surface area contributed by atoms with Crippen LogP contribution >= 0.6 is 0 Å². The molecule has 1 amide bonds. The number of nitrogen functional groups attached to an aromatic ring is 1. The van der Waals surface area contributed by atoms with Gasteiger partial charge in [-0.2, -0.15) is 0 Å². The molecule has 2 rings (SSSR count). The zero-order chi connectivity index (χ0) is 13.8. The van der Waals surface area contributed by atoms with E-state index in [1.807, 2.05) is 31.2 Å². The molecule has 0 atom stereocenters. The number of carbonyl (C=O) groups is 1. The van der Waals surface area contributed by atoms with E-state index in [0.29, 0.717) is 11.4 Å². The van der Waals surface area contributed by atoms with Gasteiger partial charge in [0, 0.05) is 19.0 Å². The molecule has 2 aromatic rings. The first-order valence-corrected chi connectivity index (χ1v) is 6.29. The zero-order valence-corrected chi connectivity index (χ0v) is 11.2. The lowest BCUT2D eigenvalue weighted by Gasteiger charge is -2.17. The van der Waals surface area contributed by atoms with Gasteiger partial charge in [-0.25, -0.2) is 10.8 Å². The van der Waals surface area contributed by atoms with Gasteiger partial charge in [0.2, 0.25) is 0 Å². The molecule has 0 spiro atoms. The number of hydrazine groups is 1. The van der Waals surface area contributed by atoms with Crippen molar-refractivity contribution in [3.05, 3.63) is 35.9 Å². The van der Waals surface area contributed by atoms with Crippen LogP contribution < -0.4 is 11.3 Å². The molecule has 0 unspecified atom stereocenters. The summed E-state index contributed by atoms with van der Waals surface area (Å²) in [6.07, 6.45) is 0.924. The molecule has 0 bridgehead atoms. The van der Waals surface area contributed by atoms with Crippen molar-refractivity contribution in [2.45, 2.75) is 13.3 Å². The second kappa shape index (κ2) is 5.67. The molecule has 19 heavy (non-hydrogen) atoms. The minimum Gasteiger partial charge on any atom is -0.342 e. The van der Waals surface area contributed by atoms with Crippen LogP contribution in [0.25, 0.3) is 10.9 Å². The fourth-order valence-electron chi connectivity index (χ4n) is 2.07. The van der Waals surface area contributed by atoms with Crippen LogP contribution in [0, 0.1) is 0 Å². The van der Waals surface area contributed by atoms with E-state index in [-0.39, 0.29) is 5.91 Å². The number of para-hydroxylation sites is 1. The van der Waals surface area contributed by atoms with Gasteiger partial charge in [0.25, 0.3) is 5.91 Å². The number of anilines is 1. The predicted molar refractivity (Wildman–Crippen MR) is 76.8 cm³/mol. The summed E-state index contributed by atoms with van der Waals surface area (Å²) in [7, 11) is 1.80. The quantitative estimate of drug-likeness (QED) is 0.650. The van der Waals surface area contributed by atoms with Crippen molar-refractivity contribution in [1.29, 1.82) is 0 Å². The van der Waals surface area contributed by atoms with Gasteiger partial charge in [0.1, 0.15) is 5.82 Å². The second-order valence-electron chi connectivity index (χ2n) is 4.44. The minimum absolute atomic E-state index is 0.0167. The number of fused-ring (bicyclic) bond motifs is 1. The van der Waals surface area contributed by atoms with Gasteiger partial charge in [-0.1, -0.05) is 25.1 Å². The Balaban J connectivity index is 2.54. The molecule has 5 heteroatoms. The van der Waals surface area contributed by atoms with Crippen molar-refractivity contribution < 1.29 is 4.79 Å². The van der Waals surface area contributed by atoms with Gasteiger partial charge in [-0.3, -0.25) is 4.79 Å². The van der Waals surface area contributed by atoms with Crippen molar-refractivity contribution in [2.75, 3.05) is 19.0 Å². The Morgan fingerprint density at radius 1 is 1.42 bits per heavy atom. The van der Waals surface area contributed by atoms with Crippen molar-refractivity contribution in [2.24, 2.45) is 5.84 Å². The first kappa shape index (κ1) is 13.3. The third-order valence-corrected chi connectivity index (χ3v) is 3.00. The third-order valence-electron chi connectivity index (χ3n) is 3.00. The topological polar surface area (TPSA) is 71.2 Å². The normalized spacial score (nSPS) is 10.5. The summed E-state index contributed by atoms with van der Waals surface area (Å²) < 4.78 is 0. The maximum atomic E-state index is 12.4. The number of nitrogens with zero attached hydrogens (tertiary/aromatic N) is 2. The van der Waals surface area contributed by atoms with Crippen molar-refractivity contribution in [1.82, 2.24) is 9.88 Å². The number of benzene rings is 1. The molecular formula is C14H18N4O. The molecule has 0 radical (unpaired) electrons. The summed E-state index contributed by atoms with van der Waals surface area (Å²) in [5.74, 6) is 5.88. The Morgan fingerprint density at radius 2 is 2.16 bits per heavy atom. The van der Waals surface area contributed by atoms with Crippen LogP contribution in [-0.2, 0) is 0 Å². The highest BCUT2D eigenvalue weighted by atomic mass is 16.2. The average Bonchev–Trinajstić information content (AvgIpc) is 2.45. The van der Waals surface area contributed by atoms with E-state index in [1.54, 1.807) is 18.0 Å². The maximum absolute atomic E-state index is 12.4. The summed E-state index contributed by atoms with van der Waals surface area (Å²) in [5, 5.41) is 0.842. The Kier molecular flexibility index (Phi) is 3.97. The molecule has 1 aromatic heterocycles. The summed E-state index contributed by atoms with van der Waals surface area (Å²) in [6.45, 7) is 2.77. The number of pyridine rings is 1. The van der Waals surface area contributed by atoms with Gasteiger partial charge < -0.3 is 10.3 Å². The Morgan fingerprint density at radius 3 is 2.84 bits per heavy atom. The maximum Gasteiger partial charge on any atom is 0.254 e. The van der Waals surface area contributed by atoms with E-state index in [2.05, 4.69) is 10.4 Å². The van der Waals surface area contributed by atoms with Crippen LogP contribution in [0.1, 0.15) is 23.7 Å². The number of hydrogen-bond donors (Lipinski definition) is 2. The molecule has 0 saturated carbocycles. The first-order chi connectivity index (χ1) is 9.17. The lowest BCUT2D eigenvalue weighted by molar-refractivity contribution is 0.0797. The zero-order valence-electron chi connectivity index (χ0n) is 11.2. The Hall–Kier alpha value is -2.14. The molecule has 3 N–H and O–H groups in total. The van der Waals surface area contributed by atoms with E-state index in [4.69, 9.17) is 5.84 Å². The summed E-state index contributed by atoms with van der Waals surface area (Å²) in [5.41, 5.74) is 3.88. The first-order valence-electron chi connectivity index (χ1n) is 6.29.